The van der Waals surface area contributed by atoms with Crippen molar-refractivity contribution < 1.29 is 0 Å². The van der Waals surface area contributed by atoms with Crippen molar-refractivity contribution in [1.82, 2.24) is 5.32 Å². The SMILES string of the molecule is CCCC(C)CNCC1(SC)CCCCC1. The molecule has 1 aliphatic carbocycles. The lowest BCUT2D eigenvalue weighted by Crippen LogP contribution is -2.40. The Balaban J connectivity index is 2.22. The molecule has 1 N–H and O–H groups in total. The Morgan fingerprint density at radius 3 is 2.50 bits per heavy atom. The second-order valence-corrected chi connectivity index (χ2v) is 6.75. The molecular formula is C14H29NS. The molecule has 0 bridgehead atoms. The minimum atomic E-state index is 0.560. The summed E-state index contributed by atoms with van der Waals surface area (Å²) in [5.41, 5.74) is 0. The summed E-state index contributed by atoms with van der Waals surface area (Å²) in [5.74, 6) is 0.840. The lowest BCUT2D eigenvalue weighted by Gasteiger charge is -2.36. The number of rotatable bonds is 7. The minimum Gasteiger partial charge on any atom is -0.315 e. The normalized spacial score (nSPS) is 21.9. The van der Waals surface area contributed by atoms with Gasteiger partial charge in [0.2, 0.25) is 0 Å². The van der Waals surface area contributed by atoms with Crippen molar-refractivity contribution in [3.8, 4) is 0 Å². The zero-order valence-corrected chi connectivity index (χ0v) is 12.2. The predicted octanol–water partition coefficient (Wildman–Crippen LogP) is 4.08. The molecule has 0 radical (unpaired) electrons. The highest BCUT2D eigenvalue weighted by molar-refractivity contribution is 8.00. The van der Waals surface area contributed by atoms with Crippen molar-refractivity contribution >= 4 is 11.8 Å². The number of hydrogen-bond acceptors (Lipinski definition) is 2. The Hall–Kier alpha value is 0.310. The number of thioether (sulfide) groups is 1. The molecular weight excluding hydrogens is 214 g/mol. The summed E-state index contributed by atoms with van der Waals surface area (Å²) in [6, 6.07) is 0. The van der Waals surface area contributed by atoms with E-state index in [-0.39, 0.29) is 0 Å². The molecule has 0 aromatic carbocycles. The highest BCUT2D eigenvalue weighted by Gasteiger charge is 2.30. The van der Waals surface area contributed by atoms with Crippen LogP contribution in [0.4, 0.5) is 0 Å². The van der Waals surface area contributed by atoms with Crippen molar-refractivity contribution in [2.75, 3.05) is 19.3 Å². The molecule has 0 aliphatic heterocycles. The molecule has 0 amide bonds. The van der Waals surface area contributed by atoms with E-state index in [2.05, 4.69) is 37.2 Å². The zero-order valence-electron chi connectivity index (χ0n) is 11.3. The van der Waals surface area contributed by atoms with Gasteiger partial charge >= 0.3 is 0 Å². The van der Waals surface area contributed by atoms with E-state index in [1.54, 1.807) is 0 Å². The Morgan fingerprint density at radius 1 is 1.25 bits per heavy atom. The van der Waals surface area contributed by atoms with Crippen LogP contribution in [0.1, 0.15) is 58.8 Å². The Labute approximate surface area is 106 Å². The van der Waals surface area contributed by atoms with Crippen LogP contribution < -0.4 is 5.32 Å². The maximum absolute atomic E-state index is 3.71. The average molecular weight is 243 g/mol. The molecule has 1 saturated carbocycles. The van der Waals surface area contributed by atoms with Crippen LogP contribution in [0.25, 0.3) is 0 Å². The maximum Gasteiger partial charge on any atom is 0.0281 e. The van der Waals surface area contributed by atoms with Crippen LogP contribution in [-0.4, -0.2) is 24.1 Å². The molecule has 2 heteroatoms. The fourth-order valence-electron chi connectivity index (χ4n) is 2.79. The molecule has 0 heterocycles. The first-order valence-electron chi connectivity index (χ1n) is 6.98. The lowest BCUT2D eigenvalue weighted by atomic mass is 9.88. The van der Waals surface area contributed by atoms with Crippen LogP contribution in [-0.2, 0) is 0 Å². The third kappa shape index (κ3) is 4.67. The zero-order chi connectivity index (χ0) is 11.9. The first-order chi connectivity index (χ1) is 7.72. The van der Waals surface area contributed by atoms with Crippen LogP contribution in [0.2, 0.25) is 0 Å². The lowest BCUT2D eigenvalue weighted by molar-refractivity contribution is 0.365. The fourth-order valence-corrected chi connectivity index (χ4v) is 3.73. The number of hydrogen-bond donors (Lipinski definition) is 1. The third-order valence-electron chi connectivity index (χ3n) is 3.92. The van der Waals surface area contributed by atoms with Gasteiger partial charge in [-0.2, -0.15) is 11.8 Å². The fraction of sp³-hybridized carbons (Fsp3) is 1.00. The van der Waals surface area contributed by atoms with Crippen molar-refractivity contribution in [1.29, 1.82) is 0 Å². The van der Waals surface area contributed by atoms with E-state index in [4.69, 9.17) is 0 Å². The molecule has 1 nitrogen and oxygen atoms in total. The molecule has 1 rings (SSSR count). The van der Waals surface area contributed by atoms with Crippen molar-refractivity contribution in [3.05, 3.63) is 0 Å². The smallest absolute Gasteiger partial charge is 0.0281 e. The largest absolute Gasteiger partial charge is 0.315 e. The van der Waals surface area contributed by atoms with Crippen LogP contribution >= 0.6 is 11.8 Å². The molecule has 0 saturated heterocycles. The van der Waals surface area contributed by atoms with Gasteiger partial charge in [-0.3, -0.25) is 0 Å². The van der Waals surface area contributed by atoms with Crippen molar-refractivity contribution in [3.63, 3.8) is 0 Å². The van der Waals surface area contributed by atoms with Gasteiger partial charge in [-0.1, -0.05) is 39.5 Å². The van der Waals surface area contributed by atoms with Crippen LogP contribution in [0, 0.1) is 5.92 Å². The van der Waals surface area contributed by atoms with E-state index in [9.17, 15) is 0 Å². The Bertz CT molecular complexity index is 176. The third-order valence-corrected chi connectivity index (χ3v) is 5.34. The maximum atomic E-state index is 3.71. The highest BCUT2D eigenvalue weighted by Crippen LogP contribution is 2.37. The molecule has 1 atom stereocenters. The van der Waals surface area contributed by atoms with Crippen LogP contribution in [0.3, 0.4) is 0 Å². The quantitative estimate of drug-likeness (QED) is 0.723. The van der Waals surface area contributed by atoms with Gasteiger partial charge in [0.05, 0.1) is 0 Å². The van der Waals surface area contributed by atoms with Crippen molar-refractivity contribution in [2.45, 2.75) is 63.5 Å². The van der Waals surface area contributed by atoms with Gasteiger partial charge in [-0.05, 0) is 38.0 Å². The van der Waals surface area contributed by atoms with Gasteiger partial charge < -0.3 is 5.32 Å². The van der Waals surface area contributed by atoms with Gasteiger partial charge in [0, 0.05) is 11.3 Å². The summed E-state index contributed by atoms with van der Waals surface area (Å²) >= 11 is 2.10. The van der Waals surface area contributed by atoms with Crippen molar-refractivity contribution in [2.24, 2.45) is 5.92 Å². The first kappa shape index (κ1) is 14.4. The molecule has 1 aliphatic rings. The van der Waals surface area contributed by atoms with Gasteiger partial charge in [-0.15, -0.1) is 0 Å². The molecule has 1 fully saturated rings. The second kappa shape index (κ2) is 7.60. The van der Waals surface area contributed by atoms with Gasteiger partial charge in [0.1, 0.15) is 0 Å². The Kier molecular flexibility index (Phi) is 6.83. The van der Waals surface area contributed by atoms with E-state index >= 15 is 0 Å². The summed E-state index contributed by atoms with van der Waals surface area (Å²) in [6.45, 7) is 7.07. The summed E-state index contributed by atoms with van der Waals surface area (Å²) < 4.78 is 0.560. The van der Waals surface area contributed by atoms with E-state index in [0.29, 0.717) is 4.75 Å². The first-order valence-corrected chi connectivity index (χ1v) is 8.21. The second-order valence-electron chi connectivity index (χ2n) is 5.47. The van der Waals surface area contributed by atoms with Crippen LogP contribution in [0.5, 0.6) is 0 Å². The molecule has 0 aromatic heterocycles. The van der Waals surface area contributed by atoms with Crippen LogP contribution in [0.15, 0.2) is 0 Å². The molecule has 16 heavy (non-hydrogen) atoms. The van der Waals surface area contributed by atoms with Gasteiger partial charge in [0.25, 0.3) is 0 Å². The molecule has 0 aromatic rings. The topological polar surface area (TPSA) is 12.0 Å². The highest BCUT2D eigenvalue weighted by atomic mass is 32.2. The standard InChI is InChI=1S/C14H29NS/c1-4-8-13(2)11-15-12-14(16-3)9-6-5-7-10-14/h13,15H,4-12H2,1-3H3. The minimum absolute atomic E-state index is 0.560. The summed E-state index contributed by atoms with van der Waals surface area (Å²) in [7, 11) is 0. The summed E-state index contributed by atoms with van der Waals surface area (Å²) in [4.78, 5) is 0. The van der Waals surface area contributed by atoms with E-state index in [1.807, 2.05) is 0 Å². The van der Waals surface area contributed by atoms with Gasteiger partial charge in [0.15, 0.2) is 0 Å². The predicted molar refractivity (Wildman–Crippen MR) is 76.3 cm³/mol. The summed E-state index contributed by atoms with van der Waals surface area (Å²) in [5, 5.41) is 3.71. The Morgan fingerprint density at radius 2 is 1.94 bits per heavy atom. The molecule has 96 valence electrons. The van der Waals surface area contributed by atoms with E-state index in [0.717, 1.165) is 5.92 Å². The summed E-state index contributed by atoms with van der Waals surface area (Å²) in [6.07, 6.45) is 12.1. The van der Waals surface area contributed by atoms with Gasteiger partial charge in [-0.25, -0.2) is 0 Å². The molecule has 0 spiro atoms. The number of nitrogens with one attached hydrogen (secondary N) is 1. The van der Waals surface area contributed by atoms with E-state index in [1.165, 1.54) is 58.0 Å². The molecule has 1 unspecified atom stereocenters. The van der Waals surface area contributed by atoms with E-state index < -0.39 is 0 Å². The monoisotopic (exact) mass is 243 g/mol. The average Bonchev–Trinajstić information content (AvgIpc) is 2.31.